The Morgan fingerprint density at radius 3 is 2.40 bits per heavy atom. The molecule has 25 heavy (non-hydrogen) atoms. The van der Waals surface area contributed by atoms with E-state index in [1.54, 1.807) is 45.3 Å². The maximum Gasteiger partial charge on any atom is 0.325 e. The second-order valence-electron chi connectivity index (χ2n) is 6.50. The lowest BCUT2D eigenvalue weighted by Crippen LogP contribution is -2.43. The molecule has 7 nitrogen and oxygen atoms in total. The van der Waals surface area contributed by atoms with Crippen LogP contribution in [0.5, 0.6) is 5.75 Å². The van der Waals surface area contributed by atoms with E-state index in [1.807, 2.05) is 6.92 Å². The van der Waals surface area contributed by atoms with Crippen molar-refractivity contribution in [2.24, 2.45) is 0 Å². The Kier molecular flexibility index (Phi) is 5.15. The molecule has 134 valence electrons. The summed E-state index contributed by atoms with van der Waals surface area (Å²) in [5.74, 6) is -0.133. The van der Waals surface area contributed by atoms with Crippen molar-refractivity contribution in [3.63, 3.8) is 0 Å². The predicted octanol–water partition coefficient (Wildman–Crippen LogP) is 1.50. The number of urea groups is 1. The molecule has 0 aromatic heterocycles. The monoisotopic (exact) mass is 345 g/mol. The second kappa shape index (κ2) is 6.96. The fraction of sp³-hybridized carbons (Fsp3) is 0.389. The lowest BCUT2D eigenvalue weighted by Gasteiger charge is -2.23. The van der Waals surface area contributed by atoms with Gasteiger partial charge in [0.1, 0.15) is 24.4 Å². The van der Waals surface area contributed by atoms with Crippen LogP contribution in [-0.2, 0) is 15.1 Å². The largest absolute Gasteiger partial charge is 0.489 e. The standard InChI is InChI=1S/C18H23N3O4/c1-12(2)11-25-14-8-6-13(7-9-14)18(3)16(23)21(17(24)19-18)10-15(22)20(4)5/h6-9H,1,10-11H2,2-5H3,(H,19,24). The summed E-state index contributed by atoms with van der Waals surface area (Å²) in [6.45, 7) is 7.38. The summed E-state index contributed by atoms with van der Waals surface area (Å²) in [5.41, 5.74) is 0.306. The number of carbonyl (C=O) groups is 3. The van der Waals surface area contributed by atoms with Crippen LogP contribution in [0.3, 0.4) is 0 Å². The molecule has 1 saturated heterocycles. The average molecular weight is 345 g/mol. The number of carbonyl (C=O) groups excluding carboxylic acids is 3. The van der Waals surface area contributed by atoms with Crippen LogP contribution in [-0.4, -0.2) is 54.9 Å². The molecule has 4 amide bonds. The van der Waals surface area contributed by atoms with Crippen LogP contribution >= 0.6 is 0 Å². The first-order chi connectivity index (χ1) is 11.6. The number of nitrogens with one attached hydrogen (secondary N) is 1. The molecular formula is C18H23N3O4. The van der Waals surface area contributed by atoms with Gasteiger partial charge in [-0.25, -0.2) is 4.79 Å². The molecule has 0 spiro atoms. The van der Waals surface area contributed by atoms with E-state index >= 15 is 0 Å². The number of imide groups is 1. The van der Waals surface area contributed by atoms with Gasteiger partial charge in [0.2, 0.25) is 5.91 Å². The van der Waals surface area contributed by atoms with Crippen molar-refractivity contribution >= 4 is 17.8 Å². The van der Waals surface area contributed by atoms with Crippen molar-refractivity contribution in [1.82, 2.24) is 15.1 Å². The summed E-state index contributed by atoms with van der Waals surface area (Å²) < 4.78 is 5.53. The third-order valence-electron chi connectivity index (χ3n) is 3.98. The molecule has 1 heterocycles. The van der Waals surface area contributed by atoms with Crippen LogP contribution in [0, 0.1) is 0 Å². The molecule has 1 atom stereocenters. The third-order valence-corrected chi connectivity index (χ3v) is 3.98. The van der Waals surface area contributed by atoms with Gasteiger partial charge in [-0.1, -0.05) is 18.7 Å². The first-order valence-corrected chi connectivity index (χ1v) is 7.87. The number of amides is 4. The minimum absolute atomic E-state index is 0.285. The van der Waals surface area contributed by atoms with Crippen molar-refractivity contribution in [2.45, 2.75) is 19.4 Å². The summed E-state index contributed by atoms with van der Waals surface area (Å²) in [6.07, 6.45) is 0. The van der Waals surface area contributed by atoms with Crippen LogP contribution in [0.2, 0.25) is 0 Å². The molecule has 0 radical (unpaired) electrons. The zero-order valence-electron chi connectivity index (χ0n) is 15.0. The zero-order valence-corrected chi connectivity index (χ0v) is 15.0. The van der Waals surface area contributed by atoms with Gasteiger partial charge in [-0.2, -0.15) is 0 Å². The molecule has 0 bridgehead atoms. The average Bonchev–Trinajstić information content (AvgIpc) is 2.77. The van der Waals surface area contributed by atoms with Crippen LogP contribution in [0.4, 0.5) is 4.79 Å². The van der Waals surface area contributed by atoms with Crippen LogP contribution in [0.1, 0.15) is 19.4 Å². The highest BCUT2D eigenvalue weighted by atomic mass is 16.5. The fourth-order valence-electron chi connectivity index (χ4n) is 2.40. The van der Waals surface area contributed by atoms with E-state index < -0.39 is 17.5 Å². The first kappa shape index (κ1) is 18.5. The van der Waals surface area contributed by atoms with E-state index in [9.17, 15) is 14.4 Å². The summed E-state index contributed by atoms with van der Waals surface area (Å²) in [7, 11) is 3.15. The number of benzene rings is 1. The Morgan fingerprint density at radius 1 is 1.28 bits per heavy atom. The topological polar surface area (TPSA) is 79.0 Å². The van der Waals surface area contributed by atoms with Gasteiger partial charge in [0.15, 0.2) is 0 Å². The molecule has 1 fully saturated rings. The Bertz CT molecular complexity index is 712. The maximum atomic E-state index is 12.7. The zero-order chi connectivity index (χ0) is 18.8. The van der Waals surface area contributed by atoms with Crippen LogP contribution in [0.25, 0.3) is 0 Å². The SMILES string of the molecule is C=C(C)COc1ccc(C2(C)NC(=O)N(CC(=O)N(C)C)C2=O)cc1. The van der Waals surface area contributed by atoms with Gasteiger partial charge >= 0.3 is 6.03 Å². The molecule has 0 aliphatic carbocycles. The van der Waals surface area contributed by atoms with E-state index in [2.05, 4.69) is 11.9 Å². The number of ether oxygens (including phenoxy) is 1. The molecule has 1 aromatic carbocycles. The summed E-state index contributed by atoms with van der Waals surface area (Å²) in [5, 5.41) is 2.67. The van der Waals surface area contributed by atoms with Gasteiger partial charge in [-0.3, -0.25) is 14.5 Å². The number of hydrogen-bond donors (Lipinski definition) is 1. The molecule has 1 aliphatic rings. The number of nitrogens with zero attached hydrogens (tertiary/aromatic N) is 2. The van der Waals surface area contributed by atoms with Gasteiger partial charge in [0, 0.05) is 14.1 Å². The molecule has 7 heteroatoms. The van der Waals surface area contributed by atoms with Gasteiger partial charge in [0.25, 0.3) is 5.91 Å². The van der Waals surface area contributed by atoms with E-state index in [-0.39, 0.29) is 12.5 Å². The Hall–Kier alpha value is -2.83. The van der Waals surface area contributed by atoms with Crippen molar-refractivity contribution in [1.29, 1.82) is 0 Å². The van der Waals surface area contributed by atoms with E-state index in [4.69, 9.17) is 4.74 Å². The number of rotatable bonds is 6. The first-order valence-electron chi connectivity index (χ1n) is 7.87. The fourth-order valence-corrected chi connectivity index (χ4v) is 2.40. The van der Waals surface area contributed by atoms with Gasteiger partial charge in [0.05, 0.1) is 0 Å². The summed E-state index contributed by atoms with van der Waals surface area (Å²) in [6, 6.07) is 6.34. The summed E-state index contributed by atoms with van der Waals surface area (Å²) >= 11 is 0. The minimum Gasteiger partial charge on any atom is -0.489 e. The molecule has 1 aromatic rings. The van der Waals surface area contributed by atoms with Gasteiger partial charge in [-0.15, -0.1) is 0 Å². The Morgan fingerprint density at radius 2 is 1.88 bits per heavy atom. The van der Waals surface area contributed by atoms with E-state index in [1.165, 1.54) is 4.90 Å². The molecule has 1 aliphatic heterocycles. The summed E-state index contributed by atoms with van der Waals surface area (Å²) in [4.78, 5) is 39.0. The molecule has 1 unspecified atom stereocenters. The third kappa shape index (κ3) is 3.81. The predicted molar refractivity (Wildman–Crippen MR) is 93.0 cm³/mol. The van der Waals surface area contributed by atoms with Crippen LogP contribution in [0.15, 0.2) is 36.4 Å². The van der Waals surface area contributed by atoms with Crippen molar-refractivity contribution in [2.75, 3.05) is 27.2 Å². The molecule has 2 rings (SSSR count). The normalized spacial score (nSPS) is 19.6. The second-order valence-corrected chi connectivity index (χ2v) is 6.50. The Labute approximate surface area is 147 Å². The highest BCUT2D eigenvalue weighted by Crippen LogP contribution is 2.30. The van der Waals surface area contributed by atoms with Gasteiger partial charge in [-0.05, 0) is 37.1 Å². The Balaban J connectivity index is 2.18. The molecule has 1 N–H and O–H groups in total. The lowest BCUT2D eigenvalue weighted by molar-refractivity contribution is -0.137. The van der Waals surface area contributed by atoms with Gasteiger partial charge < -0.3 is 15.0 Å². The van der Waals surface area contributed by atoms with Crippen LogP contribution < -0.4 is 10.1 Å². The molecule has 0 saturated carbocycles. The highest BCUT2D eigenvalue weighted by molar-refractivity contribution is 6.09. The minimum atomic E-state index is -1.21. The van der Waals surface area contributed by atoms with E-state index in [0.29, 0.717) is 17.9 Å². The quantitative estimate of drug-likeness (QED) is 0.626. The van der Waals surface area contributed by atoms with Crippen molar-refractivity contribution in [3.8, 4) is 5.75 Å². The van der Waals surface area contributed by atoms with E-state index in [0.717, 1.165) is 10.5 Å². The van der Waals surface area contributed by atoms with Crippen molar-refractivity contribution < 1.29 is 19.1 Å². The number of hydrogen-bond acceptors (Lipinski definition) is 4. The number of likely N-dealkylation sites (N-methyl/N-ethyl adjacent to an activating group) is 1. The lowest BCUT2D eigenvalue weighted by atomic mass is 9.92. The highest BCUT2D eigenvalue weighted by Gasteiger charge is 2.49. The smallest absolute Gasteiger partial charge is 0.325 e. The van der Waals surface area contributed by atoms with Crippen molar-refractivity contribution in [3.05, 3.63) is 42.0 Å². The molecular weight excluding hydrogens is 322 g/mol. The maximum absolute atomic E-state index is 12.7.